The Kier molecular flexibility index (Phi) is 1.85. The molecule has 0 bridgehead atoms. The molecule has 2 nitrogen and oxygen atoms in total. The summed E-state index contributed by atoms with van der Waals surface area (Å²) in [7, 11) is 5.38. The highest BCUT2D eigenvalue weighted by Crippen LogP contribution is 2.12. The summed E-state index contributed by atoms with van der Waals surface area (Å²) in [5, 5.41) is 0. The highest BCUT2D eigenvalue weighted by molar-refractivity contribution is 6.08. The van der Waals surface area contributed by atoms with Crippen molar-refractivity contribution in [2.75, 3.05) is 11.5 Å². The fourth-order valence-electron chi connectivity index (χ4n) is 0.863. The van der Waals surface area contributed by atoms with E-state index in [0.717, 1.165) is 5.56 Å². The van der Waals surface area contributed by atoms with Crippen molar-refractivity contribution in [3.05, 3.63) is 23.8 Å². The molecular formula is C7H9BN2. The third-order valence-electron chi connectivity index (χ3n) is 1.27. The molecule has 1 aromatic rings. The van der Waals surface area contributed by atoms with Crippen LogP contribution in [-0.4, -0.2) is 7.85 Å². The van der Waals surface area contributed by atoms with E-state index in [1.165, 1.54) is 0 Å². The molecule has 0 atom stereocenters. The molecule has 0 unspecified atom stereocenters. The van der Waals surface area contributed by atoms with Crippen LogP contribution in [0.4, 0.5) is 11.4 Å². The van der Waals surface area contributed by atoms with Crippen LogP contribution in [0.25, 0.3) is 0 Å². The lowest BCUT2D eigenvalue weighted by molar-refractivity contribution is 1.40. The van der Waals surface area contributed by atoms with Crippen molar-refractivity contribution in [3.63, 3.8) is 0 Å². The number of anilines is 2. The molecule has 0 spiro atoms. The van der Waals surface area contributed by atoms with Crippen molar-refractivity contribution in [2.24, 2.45) is 0 Å². The quantitative estimate of drug-likeness (QED) is 0.432. The van der Waals surface area contributed by atoms with Crippen LogP contribution in [-0.2, 0) is 6.32 Å². The largest absolute Gasteiger partial charge is 0.399 e. The Morgan fingerprint density at radius 3 is 2.00 bits per heavy atom. The summed E-state index contributed by atoms with van der Waals surface area (Å²) in [6.45, 7) is 0. The van der Waals surface area contributed by atoms with Crippen molar-refractivity contribution >= 4 is 19.2 Å². The van der Waals surface area contributed by atoms with Gasteiger partial charge in [-0.2, -0.15) is 0 Å². The first kappa shape index (κ1) is 7.00. The Morgan fingerprint density at radius 2 is 1.60 bits per heavy atom. The standard InChI is InChI=1S/C7H9BN2/c8-4-5-1-6(9)3-7(10)2-5/h1-3H,4,9-10H2. The molecule has 0 saturated carbocycles. The summed E-state index contributed by atoms with van der Waals surface area (Å²) in [6.07, 6.45) is 0.481. The van der Waals surface area contributed by atoms with Gasteiger partial charge in [-0.05, 0) is 18.2 Å². The van der Waals surface area contributed by atoms with Gasteiger partial charge in [0.25, 0.3) is 0 Å². The van der Waals surface area contributed by atoms with Crippen molar-refractivity contribution in [1.29, 1.82) is 0 Å². The average Bonchev–Trinajstić information content (AvgIpc) is 1.85. The van der Waals surface area contributed by atoms with E-state index < -0.39 is 0 Å². The maximum atomic E-state index is 5.50. The van der Waals surface area contributed by atoms with E-state index in [2.05, 4.69) is 0 Å². The second-order valence-corrected chi connectivity index (χ2v) is 2.21. The van der Waals surface area contributed by atoms with Crippen molar-refractivity contribution in [1.82, 2.24) is 0 Å². The predicted molar refractivity (Wildman–Crippen MR) is 44.7 cm³/mol. The minimum atomic E-state index is 0.481. The highest BCUT2D eigenvalue weighted by Gasteiger charge is 1.92. The zero-order valence-electron chi connectivity index (χ0n) is 5.67. The van der Waals surface area contributed by atoms with Gasteiger partial charge in [-0.1, -0.05) is 11.9 Å². The van der Waals surface area contributed by atoms with E-state index in [4.69, 9.17) is 19.3 Å². The van der Waals surface area contributed by atoms with Gasteiger partial charge >= 0.3 is 0 Å². The summed E-state index contributed by atoms with van der Waals surface area (Å²) in [4.78, 5) is 0. The van der Waals surface area contributed by atoms with Gasteiger partial charge in [-0.3, -0.25) is 0 Å². The molecule has 0 fully saturated rings. The van der Waals surface area contributed by atoms with Crippen LogP contribution in [0.3, 0.4) is 0 Å². The van der Waals surface area contributed by atoms with Crippen LogP contribution in [0.1, 0.15) is 5.56 Å². The Morgan fingerprint density at radius 1 is 1.10 bits per heavy atom. The highest BCUT2D eigenvalue weighted by atomic mass is 14.6. The smallest absolute Gasteiger partial charge is 0.0716 e. The number of nitrogens with two attached hydrogens (primary N) is 2. The summed E-state index contributed by atoms with van der Waals surface area (Å²) < 4.78 is 0. The van der Waals surface area contributed by atoms with E-state index in [0.29, 0.717) is 17.7 Å². The molecule has 0 saturated heterocycles. The van der Waals surface area contributed by atoms with Gasteiger partial charge in [-0.25, -0.2) is 0 Å². The van der Waals surface area contributed by atoms with Crippen molar-refractivity contribution in [3.8, 4) is 0 Å². The topological polar surface area (TPSA) is 52.0 Å². The van der Waals surface area contributed by atoms with Crippen LogP contribution in [0, 0.1) is 0 Å². The van der Waals surface area contributed by atoms with Crippen LogP contribution < -0.4 is 11.5 Å². The molecular weight excluding hydrogens is 123 g/mol. The Balaban J connectivity index is 3.06. The van der Waals surface area contributed by atoms with Gasteiger partial charge in [0.1, 0.15) is 0 Å². The minimum absolute atomic E-state index is 0.481. The van der Waals surface area contributed by atoms with Gasteiger partial charge in [0.2, 0.25) is 0 Å². The zero-order valence-corrected chi connectivity index (χ0v) is 5.67. The van der Waals surface area contributed by atoms with E-state index >= 15 is 0 Å². The molecule has 4 N–H and O–H groups in total. The first-order chi connectivity index (χ1) is 4.72. The fraction of sp³-hybridized carbons (Fsp3) is 0.143. The number of rotatable bonds is 1. The van der Waals surface area contributed by atoms with Gasteiger partial charge in [-0.15, -0.1) is 0 Å². The lowest BCUT2D eigenvalue weighted by Crippen LogP contribution is -1.93. The molecule has 0 aliphatic rings. The second-order valence-electron chi connectivity index (χ2n) is 2.21. The van der Waals surface area contributed by atoms with E-state index in [-0.39, 0.29) is 0 Å². The molecule has 0 amide bonds. The molecule has 0 aliphatic heterocycles. The number of hydrogen-bond donors (Lipinski definition) is 2. The van der Waals surface area contributed by atoms with E-state index in [1.54, 1.807) is 6.07 Å². The summed E-state index contributed by atoms with van der Waals surface area (Å²) in [6, 6.07) is 5.34. The Hall–Kier alpha value is -1.12. The zero-order chi connectivity index (χ0) is 7.56. The monoisotopic (exact) mass is 132 g/mol. The second kappa shape index (κ2) is 2.65. The SMILES string of the molecule is [B]Cc1cc(N)cc(N)c1. The minimum Gasteiger partial charge on any atom is -0.399 e. The summed E-state index contributed by atoms with van der Waals surface area (Å²) in [5.41, 5.74) is 13.3. The van der Waals surface area contributed by atoms with Gasteiger partial charge in [0.05, 0.1) is 7.85 Å². The van der Waals surface area contributed by atoms with Crippen LogP contribution in [0.15, 0.2) is 18.2 Å². The number of nitrogen functional groups attached to an aromatic ring is 2. The fourth-order valence-corrected chi connectivity index (χ4v) is 0.863. The molecule has 10 heavy (non-hydrogen) atoms. The molecule has 1 rings (SSSR count). The van der Waals surface area contributed by atoms with Crippen molar-refractivity contribution < 1.29 is 0 Å². The molecule has 3 heteroatoms. The summed E-state index contributed by atoms with van der Waals surface area (Å²) >= 11 is 0. The van der Waals surface area contributed by atoms with Crippen LogP contribution >= 0.6 is 0 Å². The number of hydrogen-bond acceptors (Lipinski definition) is 2. The van der Waals surface area contributed by atoms with Crippen molar-refractivity contribution in [2.45, 2.75) is 6.32 Å². The first-order valence-corrected chi connectivity index (χ1v) is 3.07. The maximum Gasteiger partial charge on any atom is 0.0716 e. The van der Waals surface area contributed by atoms with E-state index in [1.807, 2.05) is 12.1 Å². The molecule has 1 aromatic carbocycles. The molecule has 0 heterocycles. The third kappa shape index (κ3) is 1.44. The Labute approximate surface area is 61.6 Å². The maximum absolute atomic E-state index is 5.50. The lowest BCUT2D eigenvalue weighted by atomic mass is 9.96. The van der Waals surface area contributed by atoms with E-state index in [9.17, 15) is 0 Å². The molecule has 0 aliphatic carbocycles. The normalized spacial score (nSPS) is 9.60. The van der Waals surface area contributed by atoms with Gasteiger partial charge < -0.3 is 11.5 Å². The predicted octanol–water partition coefficient (Wildman–Crippen LogP) is 0.520. The molecule has 50 valence electrons. The Bertz CT molecular complexity index is 215. The average molecular weight is 132 g/mol. The lowest BCUT2D eigenvalue weighted by Gasteiger charge is -2.00. The van der Waals surface area contributed by atoms with Crippen LogP contribution in [0.2, 0.25) is 0 Å². The number of benzene rings is 1. The molecule has 0 aromatic heterocycles. The molecule has 2 radical (unpaired) electrons. The van der Waals surface area contributed by atoms with Gasteiger partial charge in [0, 0.05) is 11.4 Å². The summed E-state index contributed by atoms with van der Waals surface area (Å²) in [5.74, 6) is 0. The third-order valence-corrected chi connectivity index (χ3v) is 1.27. The van der Waals surface area contributed by atoms with Gasteiger partial charge in [0.15, 0.2) is 0 Å². The van der Waals surface area contributed by atoms with Crippen LogP contribution in [0.5, 0.6) is 0 Å². The first-order valence-electron chi connectivity index (χ1n) is 3.07.